The third-order valence-electron chi connectivity index (χ3n) is 2.64. The number of aromatic hydroxyl groups is 1. The first-order valence-corrected chi connectivity index (χ1v) is 5.86. The first-order valence-electron chi connectivity index (χ1n) is 5.48. The molecule has 0 atom stereocenters. The van der Waals surface area contributed by atoms with Crippen molar-refractivity contribution in [1.29, 1.82) is 0 Å². The number of hydrogen-bond donors (Lipinski definition) is 2. The summed E-state index contributed by atoms with van der Waals surface area (Å²) in [5.41, 5.74) is 8.59. The highest BCUT2D eigenvalue weighted by Gasteiger charge is 2.04. The van der Waals surface area contributed by atoms with Gasteiger partial charge in [0.2, 0.25) is 0 Å². The highest BCUT2D eigenvalue weighted by atomic mass is 35.5. The molecule has 2 aromatic rings. The van der Waals surface area contributed by atoms with E-state index < -0.39 is 0 Å². The second-order valence-corrected chi connectivity index (χ2v) is 4.30. The summed E-state index contributed by atoms with van der Waals surface area (Å²) in [7, 11) is 0. The molecule has 0 saturated carbocycles. The van der Waals surface area contributed by atoms with Crippen molar-refractivity contribution < 1.29 is 5.11 Å². The second-order valence-electron chi connectivity index (χ2n) is 3.90. The van der Waals surface area contributed by atoms with Gasteiger partial charge in [0.05, 0.1) is 0 Å². The molecule has 3 heteroatoms. The van der Waals surface area contributed by atoms with Gasteiger partial charge in [0.1, 0.15) is 5.75 Å². The van der Waals surface area contributed by atoms with E-state index in [0.29, 0.717) is 6.54 Å². The summed E-state index contributed by atoms with van der Waals surface area (Å²) in [4.78, 5) is 0. The molecule has 0 radical (unpaired) electrons. The predicted octanol–water partition coefficient (Wildman–Crippen LogP) is 3.21. The van der Waals surface area contributed by atoms with Gasteiger partial charge in [0.25, 0.3) is 0 Å². The van der Waals surface area contributed by atoms with Crippen LogP contribution in [0.5, 0.6) is 5.75 Å². The summed E-state index contributed by atoms with van der Waals surface area (Å²) in [5, 5.41) is 10.2. The maximum Gasteiger partial charge on any atom is 0.116 e. The average molecular weight is 248 g/mol. The van der Waals surface area contributed by atoms with Crippen molar-refractivity contribution in [2.24, 2.45) is 5.73 Å². The van der Waals surface area contributed by atoms with Crippen LogP contribution in [-0.2, 0) is 6.42 Å². The first-order chi connectivity index (χ1) is 8.20. The number of phenols is 1. The van der Waals surface area contributed by atoms with E-state index in [9.17, 15) is 5.11 Å². The number of hydrogen-bond acceptors (Lipinski definition) is 2. The molecule has 0 aliphatic rings. The quantitative estimate of drug-likeness (QED) is 0.875. The van der Waals surface area contributed by atoms with Gasteiger partial charge in [-0.1, -0.05) is 29.8 Å². The Morgan fingerprint density at radius 1 is 1.06 bits per heavy atom. The molecule has 0 bridgehead atoms. The van der Waals surface area contributed by atoms with Crippen LogP contribution in [0.3, 0.4) is 0 Å². The van der Waals surface area contributed by atoms with Crippen LogP contribution in [-0.4, -0.2) is 11.7 Å². The number of rotatable bonds is 3. The number of phenolic OH excluding ortho intramolecular Hbond substituents is 1. The van der Waals surface area contributed by atoms with Crippen molar-refractivity contribution >= 4 is 11.6 Å². The molecule has 3 N–H and O–H groups in total. The minimum absolute atomic E-state index is 0.262. The van der Waals surface area contributed by atoms with Crippen molar-refractivity contribution in [2.45, 2.75) is 6.42 Å². The van der Waals surface area contributed by atoms with Crippen LogP contribution in [0.4, 0.5) is 0 Å². The molecule has 0 saturated heterocycles. The Bertz CT molecular complexity index is 525. The predicted molar refractivity (Wildman–Crippen MR) is 71.3 cm³/mol. The van der Waals surface area contributed by atoms with E-state index in [1.165, 1.54) is 0 Å². The third kappa shape index (κ3) is 2.78. The molecular weight excluding hydrogens is 234 g/mol. The van der Waals surface area contributed by atoms with Gasteiger partial charge in [-0.05, 0) is 53.9 Å². The summed E-state index contributed by atoms with van der Waals surface area (Å²) < 4.78 is 0. The first kappa shape index (κ1) is 12.0. The molecule has 2 nitrogen and oxygen atoms in total. The zero-order valence-electron chi connectivity index (χ0n) is 9.36. The van der Waals surface area contributed by atoms with Gasteiger partial charge in [-0.3, -0.25) is 0 Å². The van der Waals surface area contributed by atoms with Gasteiger partial charge >= 0.3 is 0 Å². The molecular formula is C14H14ClNO. The van der Waals surface area contributed by atoms with Crippen LogP contribution in [0.25, 0.3) is 11.1 Å². The highest BCUT2D eigenvalue weighted by Crippen LogP contribution is 2.27. The lowest BCUT2D eigenvalue weighted by molar-refractivity contribution is 0.475. The fourth-order valence-electron chi connectivity index (χ4n) is 1.79. The molecule has 0 aromatic heterocycles. The molecule has 0 fully saturated rings. The van der Waals surface area contributed by atoms with Crippen LogP contribution in [0.15, 0.2) is 42.5 Å². The van der Waals surface area contributed by atoms with E-state index in [2.05, 4.69) is 0 Å². The molecule has 2 rings (SSSR count). The van der Waals surface area contributed by atoms with Gasteiger partial charge in [0.15, 0.2) is 0 Å². The second kappa shape index (κ2) is 5.21. The van der Waals surface area contributed by atoms with E-state index in [0.717, 1.165) is 28.1 Å². The lowest BCUT2D eigenvalue weighted by Gasteiger charge is -2.07. The van der Waals surface area contributed by atoms with Gasteiger partial charge in [-0.15, -0.1) is 0 Å². The smallest absolute Gasteiger partial charge is 0.116 e. The fourth-order valence-corrected chi connectivity index (χ4v) is 2.00. The molecule has 0 spiro atoms. The topological polar surface area (TPSA) is 46.2 Å². The van der Waals surface area contributed by atoms with Crippen molar-refractivity contribution in [1.82, 2.24) is 0 Å². The van der Waals surface area contributed by atoms with E-state index in [1.807, 2.05) is 30.3 Å². The lowest BCUT2D eigenvalue weighted by atomic mass is 10.0. The van der Waals surface area contributed by atoms with Crippen LogP contribution >= 0.6 is 11.6 Å². The van der Waals surface area contributed by atoms with Gasteiger partial charge in [-0.25, -0.2) is 0 Å². The monoisotopic (exact) mass is 247 g/mol. The molecule has 0 aliphatic heterocycles. The van der Waals surface area contributed by atoms with Crippen molar-refractivity contribution in [3.63, 3.8) is 0 Å². The van der Waals surface area contributed by atoms with Crippen LogP contribution < -0.4 is 5.73 Å². The Morgan fingerprint density at radius 2 is 1.82 bits per heavy atom. The fraction of sp³-hybridized carbons (Fsp3) is 0.143. The minimum Gasteiger partial charge on any atom is -0.508 e. The van der Waals surface area contributed by atoms with Crippen LogP contribution in [0.2, 0.25) is 5.02 Å². The number of halogens is 1. The number of nitrogens with two attached hydrogens (primary N) is 1. The Morgan fingerprint density at radius 3 is 2.53 bits per heavy atom. The van der Waals surface area contributed by atoms with Crippen LogP contribution in [0, 0.1) is 0 Å². The summed E-state index contributed by atoms with van der Waals surface area (Å²) in [6, 6.07) is 13.0. The zero-order chi connectivity index (χ0) is 12.3. The van der Waals surface area contributed by atoms with E-state index in [4.69, 9.17) is 17.3 Å². The van der Waals surface area contributed by atoms with Crippen molar-refractivity contribution in [3.8, 4) is 16.9 Å². The van der Waals surface area contributed by atoms with Gasteiger partial charge in [0, 0.05) is 5.02 Å². The molecule has 17 heavy (non-hydrogen) atoms. The Labute approximate surface area is 106 Å². The standard InChI is InChI=1S/C14H14ClNO/c15-14-5-4-11(8-12(14)6-7-16)10-2-1-3-13(17)9-10/h1-5,8-9,17H,6-7,16H2. The average Bonchev–Trinajstić information content (AvgIpc) is 2.32. The van der Waals surface area contributed by atoms with Crippen molar-refractivity contribution in [2.75, 3.05) is 6.54 Å². The Balaban J connectivity index is 2.42. The third-order valence-corrected chi connectivity index (χ3v) is 3.01. The lowest BCUT2D eigenvalue weighted by Crippen LogP contribution is -2.03. The van der Waals surface area contributed by atoms with E-state index in [1.54, 1.807) is 12.1 Å². The van der Waals surface area contributed by atoms with Gasteiger partial charge in [-0.2, -0.15) is 0 Å². The van der Waals surface area contributed by atoms with E-state index in [-0.39, 0.29) is 5.75 Å². The maximum atomic E-state index is 9.46. The van der Waals surface area contributed by atoms with Crippen LogP contribution in [0.1, 0.15) is 5.56 Å². The Kier molecular flexibility index (Phi) is 3.67. The van der Waals surface area contributed by atoms with E-state index >= 15 is 0 Å². The largest absolute Gasteiger partial charge is 0.508 e. The SMILES string of the molecule is NCCc1cc(-c2cccc(O)c2)ccc1Cl. The maximum absolute atomic E-state index is 9.46. The zero-order valence-corrected chi connectivity index (χ0v) is 10.1. The summed E-state index contributed by atoms with van der Waals surface area (Å²) in [6.07, 6.45) is 0.755. The molecule has 88 valence electrons. The Hall–Kier alpha value is -1.51. The van der Waals surface area contributed by atoms with Gasteiger partial charge < -0.3 is 10.8 Å². The molecule has 0 unspecified atom stereocenters. The summed E-state index contributed by atoms with van der Waals surface area (Å²) in [6.45, 7) is 0.573. The minimum atomic E-state index is 0.262. The normalized spacial score (nSPS) is 10.5. The summed E-state index contributed by atoms with van der Waals surface area (Å²) in [5.74, 6) is 0.262. The molecule has 2 aromatic carbocycles. The molecule has 0 amide bonds. The molecule has 0 aliphatic carbocycles. The number of benzene rings is 2. The summed E-state index contributed by atoms with van der Waals surface area (Å²) >= 11 is 6.09. The van der Waals surface area contributed by atoms with Crippen molar-refractivity contribution in [3.05, 3.63) is 53.1 Å². The highest BCUT2D eigenvalue weighted by molar-refractivity contribution is 6.31. The molecule has 0 heterocycles.